The lowest BCUT2D eigenvalue weighted by Crippen LogP contribution is -2.36. The number of rotatable bonds is 9. The molecule has 5 nitrogen and oxygen atoms in total. The van der Waals surface area contributed by atoms with Crippen LogP contribution in [0.4, 0.5) is 23.2 Å². The molecule has 0 radical (unpaired) electrons. The highest BCUT2D eigenvalue weighted by Gasteiger charge is 2.36. The van der Waals surface area contributed by atoms with Crippen LogP contribution in [0.5, 0.6) is 0 Å². The topological polar surface area (TPSA) is 69.6 Å². The number of carbonyl (C=O) groups excluding carboxylic acids is 2. The minimum atomic E-state index is -1.93. The number of nitrogens with one attached hydrogen (secondary N) is 1. The Morgan fingerprint density at radius 2 is 1.70 bits per heavy atom. The second-order valence-corrected chi connectivity index (χ2v) is 9.32. The average Bonchev–Trinajstić information content (AvgIpc) is 2.84. The van der Waals surface area contributed by atoms with Crippen molar-refractivity contribution in [2.24, 2.45) is 5.92 Å². The van der Waals surface area contributed by atoms with Gasteiger partial charge in [0.1, 0.15) is 28.9 Å². The van der Waals surface area contributed by atoms with Crippen LogP contribution in [-0.2, 0) is 23.5 Å². The molecule has 37 heavy (non-hydrogen) atoms. The average molecular weight is 537 g/mol. The second kappa shape index (κ2) is 11.3. The van der Waals surface area contributed by atoms with Gasteiger partial charge < -0.3 is 15.3 Å². The first kappa shape index (κ1) is 28.1. The minimum Gasteiger partial charge on any atom is -0.377 e. The lowest BCUT2D eigenvalue weighted by molar-refractivity contribution is -0.129. The Labute approximate surface area is 216 Å². The molecule has 3 aromatic rings. The maximum Gasteiger partial charge on any atom is 0.251 e. The number of aliphatic hydroxyl groups is 1. The van der Waals surface area contributed by atoms with Crippen molar-refractivity contribution in [2.75, 3.05) is 11.9 Å². The quantitative estimate of drug-likeness (QED) is 0.280. The first-order valence-electron chi connectivity index (χ1n) is 11.3. The number of nitrogens with zero attached hydrogens (tertiary/aromatic N) is 1. The zero-order valence-electron chi connectivity index (χ0n) is 20.3. The number of anilines is 1. The summed E-state index contributed by atoms with van der Waals surface area (Å²) < 4.78 is 55.5. The molecule has 0 aliphatic heterocycles. The number of benzene rings is 3. The normalized spacial score (nSPS) is 12.8. The van der Waals surface area contributed by atoms with Crippen molar-refractivity contribution in [1.82, 2.24) is 5.32 Å². The van der Waals surface area contributed by atoms with Gasteiger partial charge in [-0.1, -0.05) is 37.6 Å². The molecule has 0 spiro atoms. The summed E-state index contributed by atoms with van der Waals surface area (Å²) in [5.41, 5.74) is -1.86. The van der Waals surface area contributed by atoms with E-state index in [9.17, 15) is 32.3 Å². The molecule has 0 bridgehead atoms. The zero-order valence-corrected chi connectivity index (χ0v) is 21.0. The van der Waals surface area contributed by atoms with Gasteiger partial charge in [0.05, 0.1) is 0 Å². The molecular formula is C27H25ClF4N2O3. The molecule has 0 aliphatic rings. The molecule has 1 unspecified atom stereocenters. The molecule has 0 heterocycles. The van der Waals surface area contributed by atoms with E-state index in [1.54, 1.807) is 20.9 Å². The van der Waals surface area contributed by atoms with E-state index in [0.717, 1.165) is 0 Å². The fraction of sp³-hybridized carbons (Fsp3) is 0.259. The van der Waals surface area contributed by atoms with Crippen LogP contribution >= 0.6 is 11.6 Å². The molecule has 0 aliphatic carbocycles. The van der Waals surface area contributed by atoms with Gasteiger partial charge >= 0.3 is 0 Å². The van der Waals surface area contributed by atoms with Gasteiger partial charge in [0, 0.05) is 65.2 Å². The van der Waals surface area contributed by atoms with Gasteiger partial charge in [0.2, 0.25) is 0 Å². The van der Waals surface area contributed by atoms with E-state index in [1.807, 2.05) is 0 Å². The van der Waals surface area contributed by atoms with E-state index < -0.39 is 52.8 Å². The lowest BCUT2D eigenvalue weighted by atomic mass is 9.83. The summed E-state index contributed by atoms with van der Waals surface area (Å²) in [5, 5.41) is 13.7. The number of halogens is 5. The third-order valence-corrected chi connectivity index (χ3v) is 6.51. The van der Waals surface area contributed by atoms with Gasteiger partial charge in [0.15, 0.2) is 6.29 Å². The largest absolute Gasteiger partial charge is 0.377 e. The Morgan fingerprint density at radius 3 is 2.27 bits per heavy atom. The van der Waals surface area contributed by atoms with Crippen LogP contribution in [0.3, 0.4) is 0 Å². The standard InChI is InChI=1S/C27H25ClF4N2O3/c1-15(2)27(37,14-35)20-8-7-16(26(36)33-12-18-23(31)10-17(29)11-24(18)32)9-25(20)34(3)13-19-21(28)5-4-6-22(19)30/h4-11,14-15,37H,12-13H2,1-3H3,(H,33,36). The summed E-state index contributed by atoms with van der Waals surface area (Å²) in [4.78, 5) is 26.3. The SMILES string of the molecule is CC(C)C(O)(C=O)c1ccc(C(=O)NCc2c(F)cc(F)cc2F)cc1N(C)Cc1c(F)cccc1Cl. The van der Waals surface area contributed by atoms with E-state index >= 15 is 0 Å². The van der Waals surface area contributed by atoms with E-state index in [2.05, 4.69) is 5.32 Å². The summed E-state index contributed by atoms with van der Waals surface area (Å²) in [5.74, 6) is -5.24. The van der Waals surface area contributed by atoms with Crippen LogP contribution in [0.1, 0.15) is 40.9 Å². The Kier molecular flexibility index (Phi) is 8.60. The number of aldehydes is 1. The van der Waals surface area contributed by atoms with Crippen LogP contribution < -0.4 is 10.2 Å². The van der Waals surface area contributed by atoms with Crippen molar-refractivity contribution in [2.45, 2.75) is 32.5 Å². The Balaban J connectivity index is 2.00. The fourth-order valence-electron chi connectivity index (χ4n) is 3.86. The van der Waals surface area contributed by atoms with Crippen LogP contribution in [0.2, 0.25) is 5.02 Å². The van der Waals surface area contributed by atoms with Crippen molar-refractivity contribution >= 4 is 29.5 Å². The molecule has 0 aromatic heterocycles. The summed E-state index contributed by atoms with van der Waals surface area (Å²) in [7, 11) is 1.57. The molecule has 10 heteroatoms. The van der Waals surface area contributed by atoms with E-state index in [4.69, 9.17) is 11.6 Å². The summed E-state index contributed by atoms with van der Waals surface area (Å²) >= 11 is 6.16. The summed E-state index contributed by atoms with van der Waals surface area (Å²) in [6, 6.07) is 9.32. The molecule has 3 rings (SSSR count). The van der Waals surface area contributed by atoms with Crippen LogP contribution in [0.25, 0.3) is 0 Å². The third kappa shape index (κ3) is 5.94. The van der Waals surface area contributed by atoms with Crippen LogP contribution in [-0.4, -0.2) is 24.3 Å². The molecule has 1 atom stereocenters. The summed E-state index contributed by atoms with van der Waals surface area (Å²) in [6.45, 7) is 2.65. The van der Waals surface area contributed by atoms with E-state index in [-0.39, 0.29) is 33.9 Å². The molecule has 2 N–H and O–H groups in total. The molecule has 0 saturated heterocycles. The van der Waals surface area contributed by atoms with Crippen LogP contribution in [0, 0.1) is 29.2 Å². The zero-order chi connectivity index (χ0) is 27.5. The highest BCUT2D eigenvalue weighted by atomic mass is 35.5. The smallest absolute Gasteiger partial charge is 0.251 e. The molecular weight excluding hydrogens is 512 g/mol. The Morgan fingerprint density at radius 1 is 1.05 bits per heavy atom. The van der Waals surface area contributed by atoms with Gasteiger partial charge in [0.25, 0.3) is 5.91 Å². The highest BCUT2D eigenvalue weighted by Crippen LogP contribution is 2.36. The first-order chi connectivity index (χ1) is 17.4. The maximum atomic E-state index is 14.4. The lowest BCUT2D eigenvalue weighted by Gasteiger charge is -2.32. The molecule has 1 amide bonds. The molecule has 0 saturated carbocycles. The van der Waals surface area contributed by atoms with Crippen molar-refractivity contribution in [3.05, 3.63) is 99.1 Å². The van der Waals surface area contributed by atoms with Crippen LogP contribution in [0.15, 0.2) is 48.5 Å². The molecule has 0 fully saturated rings. The molecule has 3 aromatic carbocycles. The van der Waals surface area contributed by atoms with Gasteiger partial charge in [-0.2, -0.15) is 0 Å². The predicted molar refractivity (Wildman–Crippen MR) is 132 cm³/mol. The van der Waals surface area contributed by atoms with Crippen molar-refractivity contribution in [3.63, 3.8) is 0 Å². The highest BCUT2D eigenvalue weighted by molar-refractivity contribution is 6.31. The van der Waals surface area contributed by atoms with Gasteiger partial charge in [-0.15, -0.1) is 0 Å². The Hall–Kier alpha value is -3.43. The number of carbonyl (C=O) groups is 2. The minimum absolute atomic E-state index is 0.0326. The van der Waals surface area contributed by atoms with Crippen molar-refractivity contribution in [3.8, 4) is 0 Å². The maximum absolute atomic E-state index is 14.4. The van der Waals surface area contributed by atoms with Crippen molar-refractivity contribution in [1.29, 1.82) is 0 Å². The second-order valence-electron chi connectivity index (χ2n) is 8.92. The summed E-state index contributed by atoms with van der Waals surface area (Å²) in [6.07, 6.45) is 0.389. The number of hydrogen-bond donors (Lipinski definition) is 2. The monoisotopic (exact) mass is 536 g/mol. The van der Waals surface area contributed by atoms with Gasteiger partial charge in [-0.3, -0.25) is 9.59 Å². The van der Waals surface area contributed by atoms with Gasteiger partial charge in [-0.25, -0.2) is 17.6 Å². The van der Waals surface area contributed by atoms with E-state index in [1.165, 1.54) is 41.3 Å². The predicted octanol–water partition coefficient (Wildman–Crippen LogP) is 5.51. The van der Waals surface area contributed by atoms with Crippen molar-refractivity contribution < 1.29 is 32.3 Å². The number of amides is 1. The van der Waals surface area contributed by atoms with Gasteiger partial charge in [-0.05, 0) is 30.2 Å². The fourth-order valence-corrected chi connectivity index (χ4v) is 4.08. The molecule has 196 valence electrons. The number of hydrogen-bond acceptors (Lipinski definition) is 4. The third-order valence-electron chi connectivity index (χ3n) is 6.15. The first-order valence-corrected chi connectivity index (χ1v) is 11.7. The van der Waals surface area contributed by atoms with E-state index in [0.29, 0.717) is 18.4 Å². The Bertz CT molecular complexity index is 1290.